The van der Waals surface area contributed by atoms with Crippen molar-refractivity contribution in [3.05, 3.63) is 87.9 Å². The lowest BCUT2D eigenvalue weighted by atomic mass is 10.0. The summed E-state index contributed by atoms with van der Waals surface area (Å²) < 4.78 is 0. The second-order valence-electron chi connectivity index (χ2n) is 8.15. The van der Waals surface area contributed by atoms with Crippen LogP contribution in [-0.4, -0.2) is 53.9 Å². The predicted octanol–water partition coefficient (Wildman–Crippen LogP) is 2.69. The van der Waals surface area contributed by atoms with Gasteiger partial charge in [0.2, 0.25) is 5.91 Å². The maximum Gasteiger partial charge on any atom is 0.328 e. The van der Waals surface area contributed by atoms with Crippen LogP contribution in [0.1, 0.15) is 20.7 Å². The number of halogens is 2. The molecule has 3 rings (SSSR count). The standard InChI is InChI=1S/C26H24Cl2N6O5/c27-18-10-16(14-5-2-1-3-6-14)11-19(28)22(18)24(37)34-20(25(38)39)12-31-21(35)13-32-23(36)15-7-4-8-17(9-15)33-26(29)30/h1-11,20H,12-13H2,(H,31,35)(H,32,36)(H,34,37)(H,38,39)(H4,29,30,33)/t20-/m0/s1. The molecule has 0 aromatic heterocycles. The molecule has 0 fully saturated rings. The van der Waals surface area contributed by atoms with Gasteiger partial charge in [0.05, 0.1) is 22.2 Å². The number of carbonyl (C=O) groups excluding carboxylic acids is 3. The minimum absolute atomic E-state index is 0.0253. The molecule has 0 saturated carbocycles. The molecule has 13 heteroatoms. The topological polar surface area (TPSA) is 186 Å². The third-order valence-electron chi connectivity index (χ3n) is 5.30. The van der Waals surface area contributed by atoms with Gasteiger partial charge in [0.1, 0.15) is 6.04 Å². The van der Waals surface area contributed by atoms with Gasteiger partial charge >= 0.3 is 5.97 Å². The average Bonchev–Trinajstić information content (AvgIpc) is 2.89. The molecule has 202 valence electrons. The molecular formula is C26H24Cl2N6O5. The number of hydrogen-bond donors (Lipinski definition) is 7. The van der Waals surface area contributed by atoms with E-state index in [9.17, 15) is 24.3 Å². The highest BCUT2D eigenvalue weighted by atomic mass is 35.5. The van der Waals surface area contributed by atoms with E-state index in [0.29, 0.717) is 11.3 Å². The zero-order chi connectivity index (χ0) is 28.5. The second-order valence-corrected chi connectivity index (χ2v) is 8.97. The Balaban J connectivity index is 1.57. The fraction of sp³-hybridized carbons (Fsp3) is 0.115. The number of nitrogens with one attached hydrogen (secondary N) is 5. The van der Waals surface area contributed by atoms with Crippen LogP contribution < -0.4 is 27.0 Å². The van der Waals surface area contributed by atoms with Gasteiger partial charge in [-0.25, -0.2) is 4.79 Å². The Kier molecular flexibility index (Phi) is 9.85. The summed E-state index contributed by atoms with van der Waals surface area (Å²) in [7, 11) is 0. The Morgan fingerprint density at radius 3 is 2.15 bits per heavy atom. The van der Waals surface area contributed by atoms with Gasteiger partial charge in [-0.3, -0.25) is 19.8 Å². The van der Waals surface area contributed by atoms with Crippen LogP contribution in [0.5, 0.6) is 0 Å². The number of benzene rings is 3. The van der Waals surface area contributed by atoms with E-state index in [0.717, 1.165) is 5.56 Å². The van der Waals surface area contributed by atoms with E-state index in [1.54, 1.807) is 24.3 Å². The Morgan fingerprint density at radius 1 is 0.872 bits per heavy atom. The number of nitrogens with two attached hydrogens (primary N) is 1. The molecule has 0 saturated heterocycles. The van der Waals surface area contributed by atoms with Crippen LogP contribution in [0.2, 0.25) is 10.0 Å². The number of hydrogen-bond acceptors (Lipinski definition) is 5. The first-order chi connectivity index (χ1) is 18.5. The zero-order valence-electron chi connectivity index (χ0n) is 20.3. The van der Waals surface area contributed by atoms with Crippen molar-refractivity contribution in [1.82, 2.24) is 16.0 Å². The Bertz CT molecular complexity index is 1390. The molecule has 0 heterocycles. The molecule has 0 aliphatic heterocycles. The number of anilines is 1. The molecule has 0 unspecified atom stereocenters. The van der Waals surface area contributed by atoms with Gasteiger partial charge in [0.15, 0.2) is 5.96 Å². The van der Waals surface area contributed by atoms with Crippen LogP contribution in [-0.2, 0) is 9.59 Å². The zero-order valence-corrected chi connectivity index (χ0v) is 21.8. The molecule has 0 aliphatic carbocycles. The highest BCUT2D eigenvalue weighted by molar-refractivity contribution is 6.40. The molecule has 3 aromatic rings. The molecule has 0 bridgehead atoms. The van der Waals surface area contributed by atoms with Gasteiger partial charge in [0, 0.05) is 17.8 Å². The predicted molar refractivity (Wildman–Crippen MR) is 148 cm³/mol. The summed E-state index contributed by atoms with van der Waals surface area (Å²) in [6, 6.07) is 16.9. The van der Waals surface area contributed by atoms with Crippen molar-refractivity contribution >= 4 is 58.5 Å². The Morgan fingerprint density at radius 2 is 1.54 bits per heavy atom. The van der Waals surface area contributed by atoms with Crippen LogP contribution in [0.25, 0.3) is 11.1 Å². The van der Waals surface area contributed by atoms with Crippen LogP contribution >= 0.6 is 23.2 Å². The van der Waals surface area contributed by atoms with Crippen LogP contribution in [0, 0.1) is 5.41 Å². The SMILES string of the molecule is N=C(N)Nc1cccc(C(=O)NCC(=O)NC[C@H](NC(=O)c2c(Cl)cc(-c3ccccc3)cc2Cl)C(=O)O)c1. The van der Waals surface area contributed by atoms with Crippen molar-refractivity contribution < 1.29 is 24.3 Å². The van der Waals surface area contributed by atoms with Gasteiger partial charge in [0.25, 0.3) is 11.8 Å². The first-order valence-corrected chi connectivity index (χ1v) is 12.1. The van der Waals surface area contributed by atoms with E-state index in [-0.39, 0.29) is 27.1 Å². The molecule has 0 aliphatic rings. The van der Waals surface area contributed by atoms with Gasteiger partial charge in [-0.1, -0.05) is 59.6 Å². The highest BCUT2D eigenvalue weighted by Gasteiger charge is 2.25. The molecule has 8 N–H and O–H groups in total. The average molecular weight is 571 g/mol. The fourth-order valence-corrected chi connectivity index (χ4v) is 4.11. The third-order valence-corrected chi connectivity index (χ3v) is 5.89. The number of guanidine groups is 1. The number of carboxylic acids is 1. The number of rotatable bonds is 10. The van der Waals surface area contributed by atoms with Gasteiger partial charge < -0.3 is 32.1 Å². The molecule has 0 spiro atoms. The highest BCUT2D eigenvalue weighted by Crippen LogP contribution is 2.31. The maximum atomic E-state index is 12.8. The summed E-state index contributed by atoms with van der Waals surface area (Å²) in [6.07, 6.45) is 0. The summed E-state index contributed by atoms with van der Waals surface area (Å²) in [4.78, 5) is 49.1. The van der Waals surface area contributed by atoms with Crippen LogP contribution in [0.15, 0.2) is 66.7 Å². The fourth-order valence-electron chi connectivity index (χ4n) is 3.45. The molecule has 3 aromatic carbocycles. The summed E-state index contributed by atoms with van der Waals surface area (Å²) >= 11 is 12.6. The third kappa shape index (κ3) is 8.19. The van der Waals surface area contributed by atoms with E-state index in [2.05, 4.69) is 21.3 Å². The maximum absolute atomic E-state index is 12.8. The lowest BCUT2D eigenvalue weighted by molar-refractivity contribution is -0.139. The van der Waals surface area contributed by atoms with Crippen molar-refractivity contribution in [2.75, 3.05) is 18.4 Å². The van der Waals surface area contributed by atoms with Crippen molar-refractivity contribution in [1.29, 1.82) is 5.41 Å². The summed E-state index contributed by atoms with van der Waals surface area (Å²) in [6.45, 7) is -0.923. The van der Waals surface area contributed by atoms with E-state index < -0.39 is 42.8 Å². The van der Waals surface area contributed by atoms with Crippen LogP contribution in [0.3, 0.4) is 0 Å². The minimum atomic E-state index is -1.51. The summed E-state index contributed by atoms with van der Waals surface area (Å²) in [5.41, 5.74) is 7.28. The number of amides is 3. The van der Waals surface area contributed by atoms with Gasteiger partial charge in [-0.05, 0) is 41.5 Å². The van der Waals surface area contributed by atoms with Crippen molar-refractivity contribution in [3.63, 3.8) is 0 Å². The number of aliphatic carboxylic acids is 1. The van der Waals surface area contributed by atoms with E-state index in [1.165, 1.54) is 12.1 Å². The van der Waals surface area contributed by atoms with E-state index >= 15 is 0 Å². The molecule has 39 heavy (non-hydrogen) atoms. The van der Waals surface area contributed by atoms with Crippen molar-refractivity contribution in [3.8, 4) is 11.1 Å². The van der Waals surface area contributed by atoms with E-state index in [4.69, 9.17) is 34.3 Å². The number of carboxylic acid groups (broad SMARTS) is 1. The first kappa shape index (κ1) is 29.0. The summed E-state index contributed by atoms with van der Waals surface area (Å²) in [5, 5.41) is 26.4. The number of carbonyl (C=O) groups is 4. The summed E-state index contributed by atoms with van der Waals surface area (Å²) in [5.74, 6) is -3.82. The second kappa shape index (κ2) is 13.3. The quantitative estimate of drug-likeness (QED) is 0.144. The van der Waals surface area contributed by atoms with E-state index in [1.807, 2.05) is 30.3 Å². The molecule has 11 nitrogen and oxygen atoms in total. The van der Waals surface area contributed by atoms with Crippen molar-refractivity contribution in [2.24, 2.45) is 5.73 Å². The van der Waals surface area contributed by atoms with Crippen LogP contribution in [0.4, 0.5) is 5.69 Å². The lowest BCUT2D eigenvalue weighted by Gasteiger charge is -2.17. The Labute approximate surface area is 233 Å². The van der Waals surface area contributed by atoms with Gasteiger partial charge in [-0.15, -0.1) is 0 Å². The first-order valence-electron chi connectivity index (χ1n) is 11.4. The molecule has 1 atom stereocenters. The largest absolute Gasteiger partial charge is 0.480 e. The molecular weight excluding hydrogens is 547 g/mol. The molecule has 3 amide bonds. The Hall–Kier alpha value is -4.61. The van der Waals surface area contributed by atoms with Gasteiger partial charge in [-0.2, -0.15) is 0 Å². The van der Waals surface area contributed by atoms with Crippen molar-refractivity contribution in [2.45, 2.75) is 6.04 Å². The smallest absolute Gasteiger partial charge is 0.328 e. The minimum Gasteiger partial charge on any atom is -0.480 e. The normalized spacial score (nSPS) is 11.1. The lowest BCUT2D eigenvalue weighted by Crippen LogP contribution is -2.50. The molecule has 0 radical (unpaired) electrons. The monoisotopic (exact) mass is 570 g/mol.